The summed E-state index contributed by atoms with van der Waals surface area (Å²) in [5.41, 5.74) is -0.166. The fourth-order valence-electron chi connectivity index (χ4n) is 5.45. The van der Waals surface area contributed by atoms with Crippen molar-refractivity contribution in [2.24, 2.45) is 0 Å². The number of alkyl halides is 3. The van der Waals surface area contributed by atoms with Gasteiger partial charge >= 0.3 is 6.18 Å². The minimum absolute atomic E-state index is 0.0205. The number of ether oxygens (including phenoxy) is 1. The minimum atomic E-state index is -4.47. The fourth-order valence-corrected chi connectivity index (χ4v) is 5.45. The summed E-state index contributed by atoms with van der Waals surface area (Å²) in [4.78, 5) is 35.0. The topological polar surface area (TPSA) is 99.4 Å². The van der Waals surface area contributed by atoms with Crippen LogP contribution < -0.4 is 20.3 Å². The maximum Gasteiger partial charge on any atom is 0.405 e. The van der Waals surface area contributed by atoms with Gasteiger partial charge in [-0.25, -0.2) is 4.98 Å². The summed E-state index contributed by atoms with van der Waals surface area (Å²) in [6.45, 7) is 2.12. The van der Waals surface area contributed by atoms with Gasteiger partial charge in [0.15, 0.2) is 5.60 Å². The Morgan fingerprint density at radius 1 is 1.11 bits per heavy atom. The smallest absolute Gasteiger partial charge is 0.405 e. The van der Waals surface area contributed by atoms with Gasteiger partial charge in [-0.2, -0.15) is 13.2 Å². The van der Waals surface area contributed by atoms with Crippen LogP contribution in [0.25, 0.3) is 10.9 Å². The Morgan fingerprint density at radius 3 is 2.50 bits per heavy atom. The molecular weight excluding hydrogens is 499 g/mol. The summed E-state index contributed by atoms with van der Waals surface area (Å²) in [5.74, 6) is 0.288. The molecular formula is C27H30F3N5O3. The van der Waals surface area contributed by atoms with E-state index in [4.69, 9.17) is 4.74 Å². The number of nitrogens with zero attached hydrogens (tertiary/aromatic N) is 2. The summed E-state index contributed by atoms with van der Waals surface area (Å²) >= 11 is 0. The Hall–Kier alpha value is -3.76. The summed E-state index contributed by atoms with van der Waals surface area (Å²) in [7, 11) is 0. The third-order valence-electron chi connectivity index (χ3n) is 7.25. The molecule has 2 aliphatic rings. The van der Waals surface area contributed by atoms with Gasteiger partial charge in [-0.05, 0) is 63.8 Å². The van der Waals surface area contributed by atoms with Crippen LogP contribution in [0.2, 0.25) is 0 Å². The van der Waals surface area contributed by atoms with E-state index in [9.17, 15) is 22.8 Å². The van der Waals surface area contributed by atoms with Gasteiger partial charge < -0.3 is 25.3 Å². The van der Waals surface area contributed by atoms with E-state index >= 15 is 0 Å². The Morgan fingerprint density at radius 2 is 1.84 bits per heavy atom. The second-order valence-corrected chi connectivity index (χ2v) is 10.4. The van der Waals surface area contributed by atoms with Crippen LogP contribution in [0.5, 0.6) is 5.75 Å². The molecule has 0 saturated carbocycles. The molecule has 38 heavy (non-hydrogen) atoms. The monoisotopic (exact) mass is 529 g/mol. The zero-order valence-corrected chi connectivity index (χ0v) is 21.1. The number of halogens is 3. The van der Waals surface area contributed by atoms with E-state index in [0.29, 0.717) is 11.6 Å². The molecule has 2 bridgehead atoms. The quantitative estimate of drug-likeness (QED) is 0.423. The number of benzene rings is 1. The van der Waals surface area contributed by atoms with Crippen molar-refractivity contribution in [1.82, 2.24) is 20.6 Å². The molecule has 11 heteroatoms. The highest BCUT2D eigenvalue weighted by atomic mass is 19.4. The number of piperidine rings is 1. The van der Waals surface area contributed by atoms with Crippen molar-refractivity contribution in [3.8, 4) is 5.75 Å². The number of carbonyl (C=O) groups excluding carboxylic acids is 2. The number of amides is 2. The molecule has 8 nitrogen and oxygen atoms in total. The summed E-state index contributed by atoms with van der Waals surface area (Å²) in [6, 6.07) is 11.1. The van der Waals surface area contributed by atoms with Crippen LogP contribution in [0, 0.1) is 0 Å². The SMILES string of the molecule is CC(C)(Oc1cccc2cc[nH]c12)C(=O)NC1CC2CCC(C1)N2c1ccc(C(=O)NCC(F)(F)F)cn1. The number of H-pyrrole nitrogens is 1. The first-order valence-electron chi connectivity index (χ1n) is 12.7. The molecule has 2 unspecified atom stereocenters. The number of hydrogen-bond acceptors (Lipinski definition) is 5. The van der Waals surface area contributed by atoms with Gasteiger partial charge in [0.05, 0.1) is 11.1 Å². The number of rotatable bonds is 7. The highest BCUT2D eigenvalue weighted by molar-refractivity contribution is 5.94. The van der Waals surface area contributed by atoms with Crippen LogP contribution in [0.3, 0.4) is 0 Å². The van der Waals surface area contributed by atoms with E-state index in [0.717, 1.165) is 36.6 Å². The average molecular weight is 530 g/mol. The lowest BCUT2D eigenvalue weighted by molar-refractivity contribution is -0.135. The van der Waals surface area contributed by atoms with E-state index in [1.54, 1.807) is 19.9 Å². The average Bonchev–Trinajstić information content (AvgIpc) is 3.45. The van der Waals surface area contributed by atoms with Crippen LogP contribution in [0.1, 0.15) is 49.9 Å². The van der Waals surface area contributed by atoms with E-state index < -0.39 is 24.2 Å². The number of nitrogens with one attached hydrogen (secondary N) is 3. The van der Waals surface area contributed by atoms with Crippen LogP contribution >= 0.6 is 0 Å². The molecule has 0 aliphatic carbocycles. The van der Waals surface area contributed by atoms with Crippen LogP contribution in [0.4, 0.5) is 19.0 Å². The second kappa shape index (κ2) is 9.85. The Bertz CT molecular complexity index is 1310. The minimum Gasteiger partial charge on any atom is -0.476 e. The van der Waals surface area contributed by atoms with Gasteiger partial charge in [0.1, 0.15) is 18.1 Å². The number of pyridine rings is 1. The Balaban J connectivity index is 1.20. The Labute approximate surface area is 217 Å². The molecule has 0 radical (unpaired) electrons. The van der Waals surface area contributed by atoms with Crippen LogP contribution in [0.15, 0.2) is 48.8 Å². The summed E-state index contributed by atoms with van der Waals surface area (Å²) in [5, 5.41) is 6.04. The fraction of sp³-hybridized carbons (Fsp3) is 0.444. The second-order valence-electron chi connectivity index (χ2n) is 10.4. The number of anilines is 1. The predicted molar refractivity (Wildman–Crippen MR) is 136 cm³/mol. The molecule has 2 aliphatic heterocycles. The summed E-state index contributed by atoms with van der Waals surface area (Å²) in [6.07, 6.45) is 2.03. The van der Waals surface area contributed by atoms with Gasteiger partial charge in [0.25, 0.3) is 11.8 Å². The zero-order valence-electron chi connectivity index (χ0n) is 21.1. The Kier molecular flexibility index (Phi) is 6.70. The lowest BCUT2D eigenvalue weighted by Gasteiger charge is -2.40. The molecule has 2 amide bonds. The first-order valence-corrected chi connectivity index (χ1v) is 12.7. The molecule has 3 N–H and O–H groups in total. The number of aromatic nitrogens is 2. The van der Waals surface area contributed by atoms with Gasteiger partial charge in [-0.3, -0.25) is 9.59 Å². The van der Waals surface area contributed by atoms with Crippen molar-refractivity contribution in [3.63, 3.8) is 0 Å². The van der Waals surface area contributed by atoms with E-state index in [1.165, 1.54) is 12.3 Å². The highest BCUT2D eigenvalue weighted by Gasteiger charge is 2.43. The third-order valence-corrected chi connectivity index (χ3v) is 7.25. The molecule has 2 aromatic heterocycles. The van der Waals surface area contributed by atoms with Gasteiger partial charge in [-0.1, -0.05) is 12.1 Å². The maximum absolute atomic E-state index is 13.2. The maximum atomic E-state index is 13.2. The summed E-state index contributed by atoms with van der Waals surface area (Å²) < 4.78 is 43.3. The number of para-hydroxylation sites is 1. The van der Waals surface area contributed by atoms with Gasteiger partial charge in [-0.15, -0.1) is 0 Å². The van der Waals surface area contributed by atoms with Crippen molar-refractivity contribution < 1.29 is 27.5 Å². The first-order chi connectivity index (χ1) is 18.0. The molecule has 2 fully saturated rings. The number of carbonyl (C=O) groups is 2. The largest absolute Gasteiger partial charge is 0.476 e. The third kappa shape index (κ3) is 5.41. The van der Waals surface area contributed by atoms with Crippen molar-refractivity contribution in [3.05, 3.63) is 54.4 Å². The molecule has 1 aromatic carbocycles. The first kappa shape index (κ1) is 25.9. The number of aromatic amines is 1. The van der Waals surface area contributed by atoms with E-state index in [2.05, 4.69) is 20.2 Å². The molecule has 2 atom stereocenters. The lowest BCUT2D eigenvalue weighted by Crippen LogP contribution is -2.55. The number of hydrogen-bond donors (Lipinski definition) is 3. The van der Waals surface area contributed by atoms with E-state index in [1.807, 2.05) is 35.8 Å². The van der Waals surface area contributed by atoms with E-state index in [-0.39, 0.29) is 29.6 Å². The standard InChI is InChI=1S/C27H30F3N5O3/c1-26(2,38-21-5-3-4-16-10-11-31-23(16)21)25(37)34-18-12-19-7-8-20(13-18)35(19)22-9-6-17(14-32-22)24(36)33-15-27(28,29)30/h3-6,9-11,14,18-20,31H,7-8,12-13,15H2,1-2H3,(H,33,36)(H,34,37). The molecule has 0 spiro atoms. The van der Waals surface area contributed by atoms with Crippen molar-refractivity contribution in [2.45, 2.75) is 69.4 Å². The molecule has 202 valence electrons. The lowest BCUT2D eigenvalue weighted by atomic mass is 9.96. The van der Waals surface area contributed by atoms with Crippen molar-refractivity contribution in [2.75, 3.05) is 11.4 Å². The van der Waals surface area contributed by atoms with Crippen LogP contribution in [-0.4, -0.2) is 58.2 Å². The molecule has 2 saturated heterocycles. The van der Waals surface area contributed by atoms with Crippen LogP contribution in [-0.2, 0) is 4.79 Å². The van der Waals surface area contributed by atoms with Gasteiger partial charge in [0.2, 0.25) is 0 Å². The van der Waals surface area contributed by atoms with Gasteiger partial charge in [0, 0.05) is 35.9 Å². The zero-order chi connectivity index (χ0) is 27.1. The molecule has 3 aromatic rings. The normalized spacial score (nSPS) is 21.4. The van der Waals surface area contributed by atoms with Crippen molar-refractivity contribution >= 4 is 28.5 Å². The highest BCUT2D eigenvalue weighted by Crippen LogP contribution is 2.39. The van der Waals surface area contributed by atoms with Crippen molar-refractivity contribution in [1.29, 1.82) is 0 Å². The number of fused-ring (bicyclic) bond motifs is 3. The molecule has 5 rings (SSSR count). The molecule has 4 heterocycles. The predicted octanol–water partition coefficient (Wildman–Crippen LogP) is 4.33.